The number of aromatic nitrogens is 1. The van der Waals surface area contributed by atoms with Gasteiger partial charge in [-0.3, -0.25) is 0 Å². The Bertz CT molecular complexity index is 637. The van der Waals surface area contributed by atoms with E-state index in [1.165, 1.54) is 0 Å². The normalized spacial score (nSPS) is 11.5. The third-order valence-corrected chi connectivity index (χ3v) is 2.81. The average Bonchev–Trinajstić information content (AvgIpc) is 2.51. The third kappa shape index (κ3) is 4.79. The van der Waals surface area contributed by atoms with Crippen LogP contribution in [0, 0.1) is 18.3 Å². The van der Waals surface area contributed by atoms with E-state index in [1.54, 1.807) is 18.2 Å². The minimum atomic E-state index is -0.668. The maximum atomic E-state index is 9.89. The first-order valence-corrected chi connectivity index (χ1v) is 6.66. The molecular formula is C16H17N3O2. The summed E-state index contributed by atoms with van der Waals surface area (Å²) in [4.78, 5) is 4.07. The summed E-state index contributed by atoms with van der Waals surface area (Å²) in [6.45, 7) is 2.47. The second-order valence-electron chi connectivity index (χ2n) is 4.68. The molecule has 2 rings (SSSR count). The Balaban J connectivity index is 1.79. The molecule has 0 aliphatic heterocycles. The largest absolute Gasteiger partial charge is 0.491 e. The Hall–Kier alpha value is -2.58. The number of nitrogens with one attached hydrogen (secondary N) is 1. The molecule has 21 heavy (non-hydrogen) atoms. The number of rotatable bonds is 6. The van der Waals surface area contributed by atoms with Crippen LogP contribution < -0.4 is 10.1 Å². The molecule has 0 saturated carbocycles. The van der Waals surface area contributed by atoms with Crippen molar-refractivity contribution in [1.29, 1.82) is 5.26 Å². The van der Waals surface area contributed by atoms with Gasteiger partial charge < -0.3 is 15.2 Å². The molecule has 0 aliphatic carbocycles. The Kier molecular flexibility index (Phi) is 5.13. The first-order chi connectivity index (χ1) is 10.2. The fourth-order valence-corrected chi connectivity index (χ4v) is 1.77. The Morgan fingerprint density at radius 3 is 2.90 bits per heavy atom. The molecule has 2 N–H and O–H groups in total. The van der Waals surface area contributed by atoms with Crippen LogP contribution in [-0.4, -0.2) is 29.3 Å². The molecule has 5 nitrogen and oxygen atoms in total. The van der Waals surface area contributed by atoms with E-state index in [-0.39, 0.29) is 6.61 Å². The van der Waals surface area contributed by atoms with E-state index >= 15 is 0 Å². The Morgan fingerprint density at radius 1 is 1.33 bits per heavy atom. The van der Waals surface area contributed by atoms with Crippen molar-refractivity contribution in [3.63, 3.8) is 0 Å². The SMILES string of the molecule is Cc1cccc(OCC(O)CNc2cccc(C#N)n2)c1. The van der Waals surface area contributed by atoms with Crippen molar-refractivity contribution < 1.29 is 9.84 Å². The molecule has 0 spiro atoms. The number of nitriles is 1. The lowest BCUT2D eigenvalue weighted by Gasteiger charge is -2.14. The molecule has 1 aromatic heterocycles. The van der Waals surface area contributed by atoms with E-state index in [4.69, 9.17) is 10.00 Å². The van der Waals surface area contributed by atoms with Gasteiger partial charge in [0.2, 0.25) is 0 Å². The van der Waals surface area contributed by atoms with Crippen molar-refractivity contribution in [2.75, 3.05) is 18.5 Å². The van der Waals surface area contributed by atoms with Gasteiger partial charge in [-0.25, -0.2) is 4.98 Å². The van der Waals surface area contributed by atoms with Crippen molar-refractivity contribution in [3.8, 4) is 11.8 Å². The molecule has 0 saturated heterocycles. The number of ether oxygens (including phenoxy) is 1. The average molecular weight is 283 g/mol. The molecule has 0 radical (unpaired) electrons. The summed E-state index contributed by atoms with van der Waals surface area (Å²) in [5.74, 6) is 1.29. The molecule has 1 unspecified atom stereocenters. The van der Waals surface area contributed by atoms with Crippen LogP contribution in [-0.2, 0) is 0 Å². The van der Waals surface area contributed by atoms with Gasteiger partial charge in [-0.1, -0.05) is 18.2 Å². The van der Waals surface area contributed by atoms with Crippen LogP contribution in [0.3, 0.4) is 0 Å². The highest BCUT2D eigenvalue weighted by atomic mass is 16.5. The lowest BCUT2D eigenvalue weighted by Crippen LogP contribution is -2.26. The minimum absolute atomic E-state index is 0.189. The number of pyridine rings is 1. The Morgan fingerprint density at radius 2 is 2.14 bits per heavy atom. The Labute approximate surface area is 123 Å². The van der Waals surface area contributed by atoms with Gasteiger partial charge in [0.05, 0.1) is 0 Å². The first-order valence-electron chi connectivity index (χ1n) is 6.66. The highest BCUT2D eigenvalue weighted by Gasteiger charge is 2.06. The number of aliphatic hydroxyl groups excluding tert-OH is 1. The van der Waals surface area contributed by atoms with Gasteiger partial charge in [0.1, 0.15) is 36.0 Å². The van der Waals surface area contributed by atoms with E-state index in [0.717, 1.165) is 11.3 Å². The number of aliphatic hydroxyl groups is 1. The number of hydrogen-bond donors (Lipinski definition) is 2. The molecule has 0 bridgehead atoms. The molecule has 2 aromatic rings. The van der Waals surface area contributed by atoms with Gasteiger partial charge in [0.25, 0.3) is 0 Å². The lowest BCUT2D eigenvalue weighted by molar-refractivity contribution is 0.117. The lowest BCUT2D eigenvalue weighted by atomic mass is 10.2. The van der Waals surface area contributed by atoms with Gasteiger partial charge in [-0.15, -0.1) is 0 Å². The van der Waals surface area contributed by atoms with E-state index in [1.807, 2.05) is 37.3 Å². The van der Waals surface area contributed by atoms with Crippen molar-refractivity contribution in [1.82, 2.24) is 4.98 Å². The zero-order valence-corrected chi connectivity index (χ0v) is 11.8. The van der Waals surface area contributed by atoms with E-state index in [0.29, 0.717) is 18.1 Å². The maximum Gasteiger partial charge on any atom is 0.142 e. The van der Waals surface area contributed by atoms with Crippen LogP contribution in [0.5, 0.6) is 5.75 Å². The topological polar surface area (TPSA) is 78.2 Å². The van der Waals surface area contributed by atoms with Crippen molar-refractivity contribution in [2.24, 2.45) is 0 Å². The molecule has 0 fully saturated rings. The van der Waals surface area contributed by atoms with Crippen molar-refractivity contribution >= 4 is 5.82 Å². The summed E-state index contributed by atoms with van der Waals surface area (Å²) in [5, 5.41) is 21.6. The second-order valence-corrected chi connectivity index (χ2v) is 4.68. The fraction of sp³-hybridized carbons (Fsp3) is 0.250. The van der Waals surface area contributed by atoms with Crippen LogP contribution in [0.4, 0.5) is 5.82 Å². The molecule has 0 aliphatic rings. The molecule has 0 amide bonds. The molecule has 108 valence electrons. The minimum Gasteiger partial charge on any atom is -0.491 e. The van der Waals surface area contributed by atoms with Gasteiger partial charge in [0.15, 0.2) is 0 Å². The fourth-order valence-electron chi connectivity index (χ4n) is 1.77. The highest BCUT2D eigenvalue weighted by Crippen LogP contribution is 2.12. The monoisotopic (exact) mass is 283 g/mol. The third-order valence-electron chi connectivity index (χ3n) is 2.81. The number of benzene rings is 1. The maximum absolute atomic E-state index is 9.89. The van der Waals surface area contributed by atoms with E-state index in [9.17, 15) is 5.11 Å². The molecule has 1 aromatic carbocycles. The predicted octanol–water partition coefficient (Wildman–Crippen LogP) is 2.11. The summed E-state index contributed by atoms with van der Waals surface area (Å²) in [6.07, 6.45) is -0.668. The quantitative estimate of drug-likeness (QED) is 0.849. The van der Waals surface area contributed by atoms with Crippen LogP contribution in [0.15, 0.2) is 42.5 Å². The summed E-state index contributed by atoms with van der Waals surface area (Å²) in [6, 6.07) is 14.7. The first kappa shape index (κ1) is 14.8. The van der Waals surface area contributed by atoms with Crippen LogP contribution >= 0.6 is 0 Å². The van der Waals surface area contributed by atoms with E-state index in [2.05, 4.69) is 10.3 Å². The van der Waals surface area contributed by atoms with Crippen LogP contribution in [0.1, 0.15) is 11.3 Å². The van der Waals surface area contributed by atoms with Gasteiger partial charge >= 0.3 is 0 Å². The number of nitrogens with zero attached hydrogens (tertiary/aromatic N) is 2. The van der Waals surface area contributed by atoms with Gasteiger partial charge in [0, 0.05) is 6.54 Å². The summed E-state index contributed by atoms with van der Waals surface area (Å²) >= 11 is 0. The predicted molar refractivity (Wildman–Crippen MR) is 80.1 cm³/mol. The second kappa shape index (κ2) is 7.27. The number of aryl methyl sites for hydroxylation is 1. The van der Waals surface area contributed by atoms with Gasteiger partial charge in [-0.2, -0.15) is 5.26 Å². The van der Waals surface area contributed by atoms with Crippen LogP contribution in [0.2, 0.25) is 0 Å². The number of anilines is 1. The van der Waals surface area contributed by atoms with Crippen molar-refractivity contribution in [2.45, 2.75) is 13.0 Å². The molecule has 5 heteroatoms. The number of hydrogen-bond acceptors (Lipinski definition) is 5. The molecule has 1 heterocycles. The molecular weight excluding hydrogens is 266 g/mol. The van der Waals surface area contributed by atoms with Crippen molar-refractivity contribution in [3.05, 3.63) is 53.7 Å². The zero-order chi connectivity index (χ0) is 15.1. The van der Waals surface area contributed by atoms with Crippen LogP contribution in [0.25, 0.3) is 0 Å². The zero-order valence-electron chi connectivity index (χ0n) is 11.8. The molecule has 1 atom stereocenters. The van der Waals surface area contributed by atoms with E-state index < -0.39 is 6.10 Å². The summed E-state index contributed by atoms with van der Waals surface area (Å²) in [7, 11) is 0. The summed E-state index contributed by atoms with van der Waals surface area (Å²) in [5.41, 5.74) is 1.45. The smallest absolute Gasteiger partial charge is 0.142 e. The highest BCUT2D eigenvalue weighted by molar-refractivity contribution is 5.38. The summed E-state index contributed by atoms with van der Waals surface area (Å²) < 4.78 is 5.52. The standard InChI is InChI=1S/C16H17N3O2/c1-12-4-2-6-15(8-12)21-11-14(20)10-18-16-7-3-5-13(9-17)19-16/h2-8,14,20H,10-11H2,1H3,(H,18,19). The van der Waals surface area contributed by atoms with Gasteiger partial charge in [-0.05, 0) is 36.8 Å².